The van der Waals surface area contributed by atoms with E-state index in [0.29, 0.717) is 6.10 Å². The molecule has 0 amide bonds. The van der Waals surface area contributed by atoms with Gasteiger partial charge in [0, 0.05) is 10.5 Å². The van der Waals surface area contributed by atoms with E-state index in [2.05, 4.69) is 41.9 Å². The van der Waals surface area contributed by atoms with Gasteiger partial charge < -0.3 is 10.5 Å². The molecule has 1 aliphatic carbocycles. The van der Waals surface area contributed by atoms with E-state index in [-0.39, 0.29) is 12.1 Å². The van der Waals surface area contributed by atoms with Gasteiger partial charge in [-0.2, -0.15) is 0 Å². The minimum atomic E-state index is -0.0313. The highest BCUT2D eigenvalue weighted by molar-refractivity contribution is 9.10. The molecule has 2 rings (SSSR count). The molecule has 0 aromatic heterocycles. The summed E-state index contributed by atoms with van der Waals surface area (Å²) < 4.78 is 7.47. The Hall–Kier alpha value is -0.380. The largest absolute Gasteiger partial charge is 0.369 e. The highest BCUT2D eigenvalue weighted by Crippen LogP contribution is 2.35. The zero-order chi connectivity index (χ0) is 14.7. The van der Waals surface area contributed by atoms with Crippen LogP contribution in [-0.4, -0.2) is 12.1 Å². The zero-order valence-corrected chi connectivity index (χ0v) is 14.3. The van der Waals surface area contributed by atoms with Crippen LogP contribution in [0.15, 0.2) is 28.7 Å². The lowest BCUT2D eigenvalue weighted by atomic mass is 9.80. The van der Waals surface area contributed by atoms with Crippen LogP contribution in [0.5, 0.6) is 0 Å². The maximum atomic E-state index is 6.38. The highest BCUT2D eigenvalue weighted by atomic mass is 79.9. The Bertz CT molecular complexity index is 435. The van der Waals surface area contributed by atoms with Crippen molar-refractivity contribution in [2.24, 2.45) is 17.6 Å². The number of halogens is 1. The molecule has 1 fully saturated rings. The number of hydrogen-bond donors (Lipinski definition) is 1. The smallest absolute Gasteiger partial charge is 0.0987 e. The Morgan fingerprint density at radius 2 is 1.90 bits per heavy atom. The van der Waals surface area contributed by atoms with Gasteiger partial charge in [0.2, 0.25) is 0 Å². The number of rotatable bonds is 4. The van der Waals surface area contributed by atoms with Gasteiger partial charge in [-0.05, 0) is 49.7 Å². The molecule has 5 atom stereocenters. The van der Waals surface area contributed by atoms with Crippen molar-refractivity contribution in [3.8, 4) is 0 Å². The third-order valence-electron chi connectivity index (χ3n) is 4.58. The third kappa shape index (κ3) is 3.84. The molecule has 20 heavy (non-hydrogen) atoms. The van der Waals surface area contributed by atoms with Crippen LogP contribution in [0, 0.1) is 11.8 Å². The molecule has 1 aromatic carbocycles. The summed E-state index contributed by atoms with van der Waals surface area (Å²) in [6, 6.07) is 8.22. The molecule has 1 saturated carbocycles. The van der Waals surface area contributed by atoms with Gasteiger partial charge in [0.15, 0.2) is 0 Å². The van der Waals surface area contributed by atoms with Gasteiger partial charge >= 0.3 is 0 Å². The summed E-state index contributed by atoms with van der Waals surface area (Å²) in [5.41, 5.74) is 7.33. The van der Waals surface area contributed by atoms with E-state index in [1.165, 1.54) is 6.42 Å². The van der Waals surface area contributed by atoms with Crippen molar-refractivity contribution in [2.75, 3.05) is 0 Å². The molecular formula is C17H26BrNO. The van der Waals surface area contributed by atoms with E-state index in [1.54, 1.807) is 0 Å². The van der Waals surface area contributed by atoms with Gasteiger partial charge in [-0.25, -0.2) is 0 Å². The fourth-order valence-electron chi connectivity index (χ4n) is 3.02. The van der Waals surface area contributed by atoms with Crippen LogP contribution < -0.4 is 5.73 Å². The number of ether oxygens (including phenoxy) is 1. The predicted molar refractivity (Wildman–Crippen MR) is 87.6 cm³/mol. The second-order valence-corrected chi connectivity index (χ2v) is 7.18. The molecule has 3 heteroatoms. The zero-order valence-electron chi connectivity index (χ0n) is 12.7. The maximum absolute atomic E-state index is 6.38. The van der Waals surface area contributed by atoms with Crippen LogP contribution in [0.3, 0.4) is 0 Å². The molecule has 0 heterocycles. The first-order valence-electron chi connectivity index (χ1n) is 7.64. The van der Waals surface area contributed by atoms with E-state index in [4.69, 9.17) is 10.5 Å². The minimum Gasteiger partial charge on any atom is -0.369 e. The van der Waals surface area contributed by atoms with Crippen molar-refractivity contribution in [3.05, 3.63) is 34.3 Å². The molecule has 112 valence electrons. The average molecular weight is 340 g/mol. The Balaban J connectivity index is 2.09. The molecule has 0 bridgehead atoms. The fourth-order valence-corrected chi connectivity index (χ4v) is 3.53. The van der Waals surface area contributed by atoms with Crippen molar-refractivity contribution in [1.82, 2.24) is 0 Å². The van der Waals surface area contributed by atoms with Crippen LogP contribution in [0.4, 0.5) is 0 Å². The summed E-state index contributed by atoms with van der Waals surface area (Å²) in [4.78, 5) is 0. The maximum Gasteiger partial charge on any atom is 0.0987 e. The second-order valence-electron chi connectivity index (χ2n) is 6.33. The Morgan fingerprint density at radius 1 is 1.20 bits per heavy atom. The Labute approximate surface area is 131 Å². The van der Waals surface area contributed by atoms with Crippen LogP contribution in [0.1, 0.15) is 51.7 Å². The van der Waals surface area contributed by atoms with Crippen molar-refractivity contribution in [3.63, 3.8) is 0 Å². The molecule has 0 aliphatic heterocycles. The molecule has 1 aromatic rings. The predicted octanol–water partition coefficient (Wildman–Crippen LogP) is 4.68. The molecule has 0 saturated heterocycles. The van der Waals surface area contributed by atoms with Crippen LogP contribution >= 0.6 is 15.9 Å². The highest BCUT2D eigenvalue weighted by Gasteiger charge is 2.29. The van der Waals surface area contributed by atoms with Gasteiger partial charge in [0.1, 0.15) is 0 Å². The Kier molecular flexibility index (Phi) is 5.65. The molecular weight excluding hydrogens is 314 g/mol. The van der Waals surface area contributed by atoms with Crippen molar-refractivity contribution in [1.29, 1.82) is 0 Å². The monoisotopic (exact) mass is 339 g/mol. The number of nitrogens with two attached hydrogens (primary N) is 1. The van der Waals surface area contributed by atoms with Crippen molar-refractivity contribution >= 4 is 15.9 Å². The van der Waals surface area contributed by atoms with E-state index in [1.807, 2.05) is 19.1 Å². The normalized spacial score (nSPS) is 29.9. The SMILES string of the molecule is CC(N)C(OC1CCC(C)C(C)C1)c1ccccc1Br. The van der Waals surface area contributed by atoms with E-state index in [0.717, 1.165) is 34.7 Å². The lowest BCUT2D eigenvalue weighted by molar-refractivity contribution is -0.0571. The standard InChI is InChI=1S/C17H26BrNO/c1-11-8-9-14(10-12(11)2)20-17(13(3)19)15-6-4-5-7-16(15)18/h4-7,11-14,17H,8-10,19H2,1-3H3. The van der Waals surface area contributed by atoms with E-state index >= 15 is 0 Å². The number of benzene rings is 1. The lowest BCUT2D eigenvalue weighted by Gasteiger charge is -2.35. The summed E-state index contributed by atoms with van der Waals surface area (Å²) in [5, 5.41) is 0. The molecule has 2 N–H and O–H groups in total. The third-order valence-corrected chi connectivity index (χ3v) is 5.30. The first-order valence-corrected chi connectivity index (χ1v) is 8.43. The molecule has 1 aliphatic rings. The first kappa shape index (κ1) is 16.0. The number of hydrogen-bond acceptors (Lipinski definition) is 2. The Morgan fingerprint density at radius 3 is 2.50 bits per heavy atom. The quantitative estimate of drug-likeness (QED) is 0.864. The fraction of sp³-hybridized carbons (Fsp3) is 0.647. The van der Waals surface area contributed by atoms with Crippen molar-refractivity contribution < 1.29 is 4.74 Å². The summed E-state index contributed by atoms with van der Waals surface area (Å²) in [5.74, 6) is 1.55. The van der Waals surface area contributed by atoms with E-state index < -0.39 is 0 Å². The summed E-state index contributed by atoms with van der Waals surface area (Å²) in [7, 11) is 0. The summed E-state index contributed by atoms with van der Waals surface area (Å²) in [6.07, 6.45) is 3.86. The van der Waals surface area contributed by atoms with Gasteiger partial charge in [0.05, 0.1) is 12.2 Å². The summed E-state index contributed by atoms with van der Waals surface area (Å²) in [6.45, 7) is 6.70. The van der Waals surface area contributed by atoms with Crippen LogP contribution in [-0.2, 0) is 4.74 Å². The van der Waals surface area contributed by atoms with Crippen LogP contribution in [0.2, 0.25) is 0 Å². The lowest BCUT2D eigenvalue weighted by Crippen LogP contribution is -2.34. The van der Waals surface area contributed by atoms with Gasteiger partial charge in [-0.1, -0.05) is 48.0 Å². The molecule has 2 nitrogen and oxygen atoms in total. The second kappa shape index (κ2) is 7.06. The topological polar surface area (TPSA) is 35.2 Å². The van der Waals surface area contributed by atoms with Crippen molar-refractivity contribution in [2.45, 2.75) is 58.3 Å². The van der Waals surface area contributed by atoms with E-state index in [9.17, 15) is 0 Å². The minimum absolute atomic E-state index is 0.0108. The van der Waals surface area contributed by atoms with Gasteiger partial charge in [-0.15, -0.1) is 0 Å². The average Bonchev–Trinajstić information content (AvgIpc) is 2.41. The van der Waals surface area contributed by atoms with Gasteiger partial charge in [-0.3, -0.25) is 0 Å². The first-order chi connectivity index (χ1) is 9.49. The molecule has 0 spiro atoms. The molecule has 5 unspecified atom stereocenters. The van der Waals surface area contributed by atoms with Crippen LogP contribution in [0.25, 0.3) is 0 Å². The molecule has 0 radical (unpaired) electrons. The van der Waals surface area contributed by atoms with Gasteiger partial charge in [0.25, 0.3) is 0 Å². The summed E-state index contributed by atoms with van der Waals surface area (Å²) >= 11 is 3.62.